The summed E-state index contributed by atoms with van der Waals surface area (Å²) < 4.78 is 5.38. The number of aromatic nitrogens is 3. The molecule has 0 aliphatic heterocycles. The van der Waals surface area contributed by atoms with Crippen molar-refractivity contribution in [3.63, 3.8) is 0 Å². The number of carbonyl (C=O) groups is 1. The molecule has 0 atom stereocenters. The average Bonchev–Trinajstić information content (AvgIpc) is 2.69. The number of ether oxygens (including phenoxy) is 1. The number of hydrogen-bond acceptors (Lipinski definition) is 6. The molecule has 2 aromatic heterocycles. The molecule has 1 aromatic carbocycles. The van der Waals surface area contributed by atoms with Crippen LogP contribution in [0.2, 0.25) is 0 Å². The quantitative estimate of drug-likeness (QED) is 0.681. The van der Waals surface area contributed by atoms with Crippen molar-refractivity contribution < 1.29 is 9.53 Å². The van der Waals surface area contributed by atoms with E-state index in [1.54, 1.807) is 48.9 Å². The van der Waals surface area contributed by atoms with Gasteiger partial charge in [0.05, 0.1) is 6.61 Å². The van der Waals surface area contributed by atoms with Crippen LogP contribution in [-0.2, 0) is 6.54 Å². The number of amides is 1. The first-order chi connectivity index (χ1) is 12.7. The third kappa shape index (κ3) is 4.76. The molecule has 3 rings (SSSR count). The summed E-state index contributed by atoms with van der Waals surface area (Å²) in [6.45, 7) is 3.05. The van der Waals surface area contributed by atoms with E-state index in [9.17, 15) is 4.79 Å². The van der Waals surface area contributed by atoms with E-state index in [2.05, 4.69) is 25.6 Å². The predicted octanol–water partition coefficient (Wildman–Crippen LogP) is 3.13. The molecule has 0 aliphatic rings. The monoisotopic (exact) mass is 349 g/mol. The maximum atomic E-state index is 12.4. The van der Waals surface area contributed by atoms with E-state index in [0.29, 0.717) is 24.8 Å². The van der Waals surface area contributed by atoms with Crippen molar-refractivity contribution in [1.29, 1.82) is 0 Å². The van der Waals surface area contributed by atoms with E-state index >= 15 is 0 Å². The van der Waals surface area contributed by atoms with Gasteiger partial charge in [0, 0.05) is 30.8 Å². The fourth-order valence-corrected chi connectivity index (χ4v) is 2.25. The van der Waals surface area contributed by atoms with Gasteiger partial charge in [-0.25, -0.2) is 9.97 Å². The summed E-state index contributed by atoms with van der Waals surface area (Å²) in [5, 5.41) is 5.89. The van der Waals surface area contributed by atoms with Crippen molar-refractivity contribution in [2.75, 3.05) is 17.2 Å². The van der Waals surface area contributed by atoms with Gasteiger partial charge in [-0.05, 0) is 48.9 Å². The number of hydrogen-bond donors (Lipinski definition) is 2. The van der Waals surface area contributed by atoms with Crippen molar-refractivity contribution in [1.82, 2.24) is 15.0 Å². The second-order valence-electron chi connectivity index (χ2n) is 5.39. The minimum absolute atomic E-state index is 0.280. The fraction of sp³-hybridized carbons (Fsp3) is 0.158. The zero-order valence-electron chi connectivity index (χ0n) is 14.3. The molecule has 0 bridgehead atoms. The summed E-state index contributed by atoms with van der Waals surface area (Å²) in [4.78, 5) is 24.8. The molecule has 0 aliphatic carbocycles. The van der Waals surface area contributed by atoms with Gasteiger partial charge >= 0.3 is 0 Å². The predicted molar refractivity (Wildman–Crippen MR) is 99.2 cm³/mol. The van der Waals surface area contributed by atoms with E-state index in [-0.39, 0.29) is 11.6 Å². The second kappa shape index (κ2) is 8.57. The number of carbonyl (C=O) groups excluding carboxylic acids is 1. The molecule has 0 unspecified atom stereocenters. The summed E-state index contributed by atoms with van der Waals surface area (Å²) in [5.41, 5.74) is 1.95. The molecule has 132 valence electrons. The van der Waals surface area contributed by atoms with Crippen molar-refractivity contribution in [2.45, 2.75) is 13.5 Å². The van der Waals surface area contributed by atoms with Gasteiger partial charge in [-0.15, -0.1) is 0 Å². The maximum absolute atomic E-state index is 12.4. The van der Waals surface area contributed by atoms with Gasteiger partial charge in [-0.2, -0.15) is 0 Å². The normalized spacial score (nSPS) is 10.2. The molecule has 1 amide bonds. The molecular weight excluding hydrogens is 330 g/mol. The molecular formula is C19H19N5O2. The topological polar surface area (TPSA) is 89.0 Å². The van der Waals surface area contributed by atoms with E-state index in [1.807, 2.05) is 19.1 Å². The van der Waals surface area contributed by atoms with E-state index < -0.39 is 0 Å². The molecule has 7 heteroatoms. The Kier molecular flexibility index (Phi) is 5.72. The van der Waals surface area contributed by atoms with Crippen LogP contribution in [0, 0.1) is 0 Å². The Bertz CT molecular complexity index is 853. The minimum Gasteiger partial charge on any atom is -0.494 e. The lowest BCUT2D eigenvalue weighted by molar-refractivity contribution is 0.102. The lowest BCUT2D eigenvalue weighted by Crippen LogP contribution is -2.15. The van der Waals surface area contributed by atoms with Gasteiger partial charge in [0.1, 0.15) is 11.4 Å². The highest BCUT2D eigenvalue weighted by Crippen LogP contribution is 2.16. The van der Waals surface area contributed by atoms with Crippen molar-refractivity contribution in [3.8, 4) is 5.75 Å². The van der Waals surface area contributed by atoms with Crippen LogP contribution in [0.5, 0.6) is 5.75 Å². The minimum atomic E-state index is -0.305. The molecule has 0 fully saturated rings. The van der Waals surface area contributed by atoms with E-state index in [1.165, 1.54) is 0 Å². The van der Waals surface area contributed by atoms with Crippen molar-refractivity contribution in [3.05, 3.63) is 72.3 Å². The van der Waals surface area contributed by atoms with E-state index in [4.69, 9.17) is 4.74 Å². The van der Waals surface area contributed by atoms with E-state index in [0.717, 1.165) is 11.3 Å². The molecule has 26 heavy (non-hydrogen) atoms. The first kappa shape index (κ1) is 17.3. The largest absolute Gasteiger partial charge is 0.494 e. The van der Waals surface area contributed by atoms with Gasteiger partial charge in [-0.1, -0.05) is 6.07 Å². The van der Waals surface area contributed by atoms with Crippen LogP contribution < -0.4 is 15.4 Å². The summed E-state index contributed by atoms with van der Waals surface area (Å²) >= 11 is 0. The second-order valence-corrected chi connectivity index (χ2v) is 5.39. The molecule has 7 nitrogen and oxygen atoms in total. The van der Waals surface area contributed by atoms with Gasteiger partial charge < -0.3 is 15.4 Å². The summed E-state index contributed by atoms with van der Waals surface area (Å²) in [7, 11) is 0. The molecule has 0 spiro atoms. The number of pyridine rings is 1. The van der Waals surface area contributed by atoms with Crippen LogP contribution in [0.4, 0.5) is 11.6 Å². The van der Waals surface area contributed by atoms with Gasteiger partial charge in [0.25, 0.3) is 5.91 Å². The first-order valence-electron chi connectivity index (χ1n) is 8.24. The van der Waals surface area contributed by atoms with Crippen LogP contribution >= 0.6 is 0 Å². The zero-order valence-corrected chi connectivity index (χ0v) is 14.3. The number of anilines is 2. The van der Waals surface area contributed by atoms with Gasteiger partial charge in [-0.3, -0.25) is 9.78 Å². The standard InChI is InChI=1S/C19H19N5O2/c1-2-26-16-7-5-15(6-8-16)23-18(25)17-9-11-21-19(24-17)22-13-14-4-3-10-20-12-14/h3-12H,2,13H2,1H3,(H,23,25)(H,21,22,24). The molecule has 0 saturated carbocycles. The highest BCUT2D eigenvalue weighted by atomic mass is 16.5. The average molecular weight is 349 g/mol. The summed E-state index contributed by atoms with van der Waals surface area (Å²) in [6, 6.07) is 12.6. The third-order valence-electron chi connectivity index (χ3n) is 3.48. The van der Waals surface area contributed by atoms with Crippen LogP contribution in [0.15, 0.2) is 61.1 Å². The first-order valence-corrected chi connectivity index (χ1v) is 8.24. The molecule has 0 radical (unpaired) electrons. The molecule has 3 aromatic rings. The number of rotatable bonds is 7. The van der Waals surface area contributed by atoms with Crippen molar-refractivity contribution >= 4 is 17.5 Å². The highest BCUT2D eigenvalue weighted by Gasteiger charge is 2.09. The van der Waals surface area contributed by atoms with Gasteiger partial charge in [0.2, 0.25) is 5.95 Å². The van der Waals surface area contributed by atoms with Crippen LogP contribution in [-0.4, -0.2) is 27.5 Å². The Morgan fingerprint density at radius 2 is 1.96 bits per heavy atom. The molecule has 0 saturated heterocycles. The number of nitrogens with zero attached hydrogens (tertiary/aromatic N) is 3. The molecule has 2 heterocycles. The lowest BCUT2D eigenvalue weighted by atomic mass is 10.3. The van der Waals surface area contributed by atoms with Crippen LogP contribution in [0.3, 0.4) is 0 Å². The highest BCUT2D eigenvalue weighted by molar-refractivity contribution is 6.02. The Morgan fingerprint density at radius 3 is 2.69 bits per heavy atom. The van der Waals surface area contributed by atoms with Gasteiger partial charge in [0.15, 0.2) is 0 Å². The number of benzene rings is 1. The Hall–Kier alpha value is -3.48. The Morgan fingerprint density at radius 1 is 1.12 bits per heavy atom. The maximum Gasteiger partial charge on any atom is 0.274 e. The summed E-state index contributed by atoms with van der Waals surface area (Å²) in [6.07, 6.45) is 5.02. The van der Waals surface area contributed by atoms with Crippen molar-refractivity contribution in [2.24, 2.45) is 0 Å². The Balaban J connectivity index is 1.62. The van der Waals surface area contributed by atoms with Crippen LogP contribution in [0.25, 0.3) is 0 Å². The fourth-order valence-electron chi connectivity index (χ4n) is 2.25. The SMILES string of the molecule is CCOc1ccc(NC(=O)c2ccnc(NCc3cccnc3)n2)cc1. The lowest BCUT2D eigenvalue weighted by Gasteiger charge is -2.08. The summed E-state index contributed by atoms with van der Waals surface area (Å²) in [5.74, 6) is 0.837. The number of nitrogens with one attached hydrogen (secondary N) is 2. The third-order valence-corrected chi connectivity index (χ3v) is 3.48. The zero-order chi connectivity index (χ0) is 18.2. The molecule has 2 N–H and O–H groups in total. The van der Waals surface area contributed by atoms with Crippen LogP contribution in [0.1, 0.15) is 23.0 Å². The smallest absolute Gasteiger partial charge is 0.274 e. The Labute approximate surface area is 151 Å².